The van der Waals surface area contributed by atoms with Crippen molar-refractivity contribution in [2.24, 2.45) is 0 Å². The second kappa shape index (κ2) is 6.11. The third-order valence-corrected chi connectivity index (χ3v) is 3.33. The zero-order chi connectivity index (χ0) is 17.2. The quantitative estimate of drug-likeness (QED) is 0.589. The third-order valence-electron chi connectivity index (χ3n) is 3.33. The van der Waals surface area contributed by atoms with Gasteiger partial charge in [-0.05, 0) is 19.1 Å². The first kappa shape index (κ1) is 14.9. The molecule has 9 nitrogen and oxygen atoms in total. The molecule has 0 saturated heterocycles. The topological polar surface area (TPSA) is 116 Å². The number of fused-ring (bicyclic) bond motifs is 1. The predicted molar refractivity (Wildman–Crippen MR) is 85.1 cm³/mol. The average molecular weight is 340 g/mol. The van der Waals surface area contributed by atoms with Gasteiger partial charge in [-0.3, -0.25) is 10.1 Å². The lowest BCUT2D eigenvalue weighted by Gasteiger charge is -2.02. The predicted octanol–water partition coefficient (Wildman–Crippen LogP) is 3.12. The Labute approximate surface area is 140 Å². The number of carbonyl (C=O) groups is 1. The standard InChI is InChI=1S/C16H12N4O5/c1-2-22-10-5-3-4-9-8-12(23-13(9)10)14(21)18-16-20-19-15(24-16)11-6-7-17-25-11/h3-8H,2H2,1H3,(H,18,20,21). The molecule has 3 aromatic heterocycles. The Morgan fingerprint density at radius 3 is 2.96 bits per heavy atom. The van der Waals surface area contributed by atoms with Crippen molar-refractivity contribution in [3.8, 4) is 17.4 Å². The number of benzene rings is 1. The lowest BCUT2D eigenvalue weighted by Crippen LogP contribution is -2.10. The van der Waals surface area contributed by atoms with Gasteiger partial charge < -0.3 is 18.1 Å². The van der Waals surface area contributed by atoms with Crippen LogP contribution < -0.4 is 10.1 Å². The number of rotatable bonds is 5. The number of hydrogen-bond donors (Lipinski definition) is 1. The fraction of sp³-hybridized carbons (Fsp3) is 0.125. The Kier molecular flexibility index (Phi) is 3.65. The van der Waals surface area contributed by atoms with Crippen LogP contribution in [0.3, 0.4) is 0 Å². The van der Waals surface area contributed by atoms with Crippen molar-refractivity contribution >= 4 is 22.9 Å². The second-order valence-electron chi connectivity index (χ2n) is 4.96. The summed E-state index contributed by atoms with van der Waals surface area (Å²) < 4.78 is 21.3. The molecule has 1 N–H and O–H groups in total. The van der Waals surface area contributed by atoms with E-state index in [1.54, 1.807) is 18.2 Å². The van der Waals surface area contributed by atoms with Crippen LogP contribution in [0.4, 0.5) is 6.01 Å². The monoisotopic (exact) mass is 340 g/mol. The van der Waals surface area contributed by atoms with Gasteiger partial charge in [0.25, 0.3) is 11.8 Å². The molecule has 4 aromatic rings. The summed E-state index contributed by atoms with van der Waals surface area (Å²) in [7, 11) is 0. The molecule has 4 rings (SSSR count). The smallest absolute Gasteiger partial charge is 0.323 e. The molecule has 0 radical (unpaired) electrons. The van der Waals surface area contributed by atoms with Gasteiger partial charge in [-0.15, -0.1) is 5.10 Å². The highest BCUT2D eigenvalue weighted by Gasteiger charge is 2.18. The van der Waals surface area contributed by atoms with Gasteiger partial charge in [0.05, 0.1) is 12.8 Å². The molecule has 0 aliphatic carbocycles. The Morgan fingerprint density at radius 2 is 2.16 bits per heavy atom. The van der Waals surface area contributed by atoms with E-state index >= 15 is 0 Å². The van der Waals surface area contributed by atoms with E-state index in [4.69, 9.17) is 18.1 Å². The molecule has 0 saturated carbocycles. The van der Waals surface area contributed by atoms with Crippen molar-refractivity contribution in [3.63, 3.8) is 0 Å². The maximum Gasteiger partial charge on any atom is 0.323 e. The molecule has 9 heteroatoms. The molecule has 0 atom stereocenters. The summed E-state index contributed by atoms with van der Waals surface area (Å²) in [5, 5.41) is 14.3. The number of nitrogens with zero attached hydrogens (tertiary/aromatic N) is 3. The number of hydrogen-bond acceptors (Lipinski definition) is 8. The van der Waals surface area contributed by atoms with E-state index in [1.807, 2.05) is 19.1 Å². The van der Waals surface area contributed by atoms with Crippen molar-refractivity contribution in [2.45, 2.75) is 6.92 Å². The van der Waals surface area contributed by atoms with Crippen LogP contribution in [-0.4, -0.2) is 27.9 Å². The molecule has 0 unspecified atom stereocenters. The molecule has 0 fully saturated rings. The van der Waals surface area contributed by atoms with Gasteiger partial charge in [0.15, 0.2) is 17.1 Å². The lowest BCUT2D eigenvalue weighted by molar-refractivity contribution is 0.0995. The fourth-order valence-corrected chi connectivity index (χ4v) is 2.28. The summed E-state index contributed by atoms with van der Waals surface area (Å²) in [5.74, 6) is 0.562. The minimum absolute atomic E-state index is 0.0816. The Balaban J connectivity index is 1.57. The largest absolute Gasteiger partial charge is 0.490 e. The number of aromatic nitrogens is 3. The van der Waals surface area contributed by atoms with Crippen molar-refractivity contribution in [1.82, 2.24) is 15.4 Å². The summed E-state index contributed by atoms with van der Waals surface area (Å²) in [4.78, 5) is 12.3. The number of amides is 1. The van der Waals surface area contributed by atoms with E-state index in [2.05, 4.69) is 20.7 Å². The summed E-state index contributed by atoms with van der Waals surface area (Å²) in [6, 6.07) is 8.52. The Morgan fingerprint density at radius 1 is 1.24 bits per heavy atom. The van der Waals surface area contributed by atoms with Crippen molar-refractivity contribution in [2.75, 3.05) is 11.9 Å². The maximum atomic E-state index is 12.3. The van der Waals surface area contributed by atoms with Crippen LogP contribution in [0.1, 0.15) is 17.5 Å². The summed E-state index contributed by atoms with van der Waals surface area (Å²) in [5.41, 5.74) is 0.502. The van der Waals surface area contributed by atoms with Crippen molar-refractivity contribution < 1.29 is 22.9 Å². The van der Waals surface area contributed by atoms with Gasteiger partial charge in [0, 0.05) is 11.5 Å². The number of ether oxygens (including phenoxy) is 1. The zero-order valence-corrected chi connectivity index (χ0v) is 13.1. The molecule has 0 aliphatic rings. The van der Waals surface area contributed by atoms with Crippen LogP contribution in [0.15, 0.2) is 49.9 Å². The van der Waals surface area contributed by atoms with Gasteiger partial charge in [-0.25, -0.2) is 0 Å². The molecule has 0 aliphatic heterocycles. The number of anilines is 1. The highest BCUT2D eigenvalue weighted by atomic mass is 16.5. The fourth-order valence-electron chi connectivity index (χ4n) is 2.28. The van der Waals surface area contributed by atoms with Crippen LogP contribution in [0, 0.1) is 0 Å². The van der Waals surface area contributed by atoms with Crippen molar-refractivity contribution in [3.05, 3.63) is 42.3 Å². The molecule has 1 amide bonds. The SMILES string of the molecule is CCOc1cccc2cc(C(=O)Nc3nnc(-c4ccno4)o3)oc12. The summed E-state index contributed by atoms with van der Waals surface area (Å²) in [6.45, 7) is 2.37. The number of nitrogens with one attached hydrogen (secondary N) is 1. The molecule has 126 valence electrons. The van der Waals surface area contributed by atoms with E-state index in [0.29, 0.717) is 23.7 Å². The molecule has 25 heavy (non-hydrogen) atoms. The Hall–Kier alpha value is -3.62. The summed E-state index contributed by atoms with van der Waals surface area (Å²) in [6.07, 6.45) is 1.45. The van der Waals surface area contributed by atoms with E-state index in [-0.39, 0.29) is 17.7 Å². The van der Waals surface area contributed by atoms with Gasteiger partial charge in [0.1, 0.15) is 0 Å². The highest BCUT2D eigenvalue weighted by Crippen LogP contribution is 2.29. The third kappa shape index (κ3) is 2.82. The molecule has 0 bridgehead atoms. The van der Waals surface area contributed by atoms with Crippen LogP contribution in [0.5, 0.6) is 5.75 Å². The van der Waals surface area contributed by atoms with Gasteiger partial charge >= 0.3 is 6.01 Å². The normalized spacial score (nSPS) is 10.9. The van der Waals surface area contributed by atoms with E-state index in [0.717, 1.165) is 5.39 Å². The lowest BCUT2D eigenvalue weighted by atomic mass is 10.2. The molecule has 3 heterocycles. The first-order valence-electron chi connectivity index (χ1n) is 7.46. The molecular formula is C16H12N4O5. The maximum absolute atomic E-state index is 12.3. The van der Waals surface area contributed by atoms with E-state index < -0.39 is 5.91 Å². The molecular weight excluding hydrogens is 328 g/mol. The average Bonchev–Trinajstić information content (AvgIpc) is 3.35. The number of furan rings is 1. The molecule has 0 spiro atoms. The van der Waals surface area contributed by atoms with E-state index in [9.17, 15) is 4.79 Å². The van der Waals surface area contributed by atoms with Crippen LogP contribution >= 0.6 is 0 Å². The van der Waals surface area contributed by atoms with E-state index in [1.165, 1.54) is 6.20 Å². The molecule has 1 aromatic carbocycles. The minimum Gasteiger partial charge on any atom is -0.490 e. The number of carbonyl (C=O) groups excluding carboxylic acids is 1. The summed E-state index contributed by atoms with van der Waals surface area (Å²) >= 11 is 0. The first-order chi connectivity index (χ1) is 12.2. The van der Waals surface area contributed by atoms with Crippen LogP contribution in [0.25, 0.3) is 22.6 Å². The second-order valence-corrected chi connectivity index (χ2v) is 4.96. The van der Waals surface area contributed by atoms with Crippen LogP contribution in [-0.2, 0) is 0 Å². The Bertz CT molecular complexity index is 1020. The first-order valence-corrected chi connectivity index (χ1v) is 7.46. The highest BCUT2D eigenvalue weighted by molar-refractivity contribution is 6.04. The zero-order valence-electron chi connectivity index (χ0n) is 13.1. The van der Waals surface area contributed by atoms with Gasteiger partial charge in [-0.1, -0.05) is 22.4 Å². The van der Waals surface area contributed by atoms with Crippen molar-refractivity contribution in [1.29, 1.82) is 0 Å². The van der Waals surface area contributed by atoms with Crippen LogP contribution in [0.2, 0.25) is 0 Å². The minimum atomic E-state index is -0.522. The van der Waals surface area contributed by atoms with Gasteiger partial charge in [0.2, 0.25) is 5.76 Å². The van der Waals surface area contributed by atoms with Gasteiger partial charge in [-0.2, -0.15) is 0 Å². The number of para-hydroxylation sites is 1.